The summed E-state index contributed by atoms with van der Waals surface area (Å²) >= 11 is 1.76. The lowest BCUT2D eigenvalue weighted by atomic mass is 10.1. The second-order valence-corrected chi connectivity index (χ2v) is 6.19. The number of aryl methyl sites for hydroxylation is 1. The van der Waals surface area contributed by atoms with Crippen molar-refractivity contribution in [1.29, 1.82) is 0 Å². The van der Waals surface area contributed by atoms with Crippen LogP contribution in [-0.4, -0.2) is 16.5 Å². The first-order chi connectivity index (χ1) is 10.2. The molecule has 1 aromatic carbocycles. The van der Waals surface area contributed by atoms with Crippen LogP contribution in [0.5, 0.6) is 0 Å². The Hall–Kier alpha value is -1.78. The van der Waals surface area contributed by atoms with Gasteiger partial charge in [-0.1, -0.05) is 31.2 Å². The first-order valence-electron chi connectivity index (χ1n) is 7.24. The van der Waals surface area contributed by atoms with Crippen molar-refractivity contribution >= 4 is 22.1 Å². The van der Waals surface area contributed by atoms with Gasteiger partial charge in [0, 0.05) is 34.3 Å². The number of rotatable bonds is 4. The first-order valence-corrected chi connectivity index (χ1v) is 8.06. The van der Waals surface area contributed by atoms with Crippen molar-refractivity contribution < 1.29 is 0 Å². The van der Waals surface area contributed by atoms with Gasteiger partial charge in [0.15, 0.2) is 0 Å². The summed E-state index contributed by atoms with van der Waals surface area (Å²) in [4.78, 5) is 10.4. The molecule has 0 radical (unpaired) electrons. The Labute approximate surface area is 129 Å². The van der Waals surface area contributed by atoms with Crippen LogP contribution in [-0.2, 0) is 0 Å². The van der Waals surface area contributed by atoms with E-state index in [0.717, 1.165) is 28.2 Å². The molecule has 0 saturated heterocycles. The SMILES string of the molecule is CCNC(C)c1sc(-c2cncc3ccccc23)nc1C. The molecule has 108 valence electrons. The first kappa shape index (κ1) is 14.2. The van der Waals surface area contributed by atoms with Gasteiger partial charge in [0.1, 0.15) is 5.01 Å². The van der Waals surface area contributed by atoms with E-state index in [1.54, 1.807) is 11.3 Å². The van der Waals surface area contributed by atoms with Gasteiger partial charge in [-0.15, -0.1) is 11.3 Å². The zero-order chi connectivity index (χ0) is 14.8. The Morgan fingerprint density at radius 3 is 2.86 bits per heavy atom. The average molecular weight is 297 g/mol. The molecule has 0 amide bonds. The van der Waals surface area contributed by atoms with Crippen molar-refractivity contribution in [2.24, 2.45) is 0 Å². The minimum Gasteiger partial charge on any atom is -0.310 e. The summed E-state index contributed by atoms with van der Waals surface area (Å²) in [5.74, 6) is 0. The quantitative estimate of drug-likeness (QED) is 0.778. The summed E-state index contributed by atoms with van der Waals surface area (Å²) in [6, 6.07) is 8.67. The Morgan fingerprint density at radius 2 is 2.05 bits per heavy atom. The molecule has 0 aliphatic rings. The molecular formula is C17H19N3S. The highest BCUT2D eigenvalue weighted by Gasteiger charge is 2.16. The molecule has 1 unspecified atom stereocenters. The third-order valence-corrected chi connectivity index (χ3v) is 5.01. The van der Waals surface area contributed by atoms with E-state index in [1.165, 1.54) is 10.3 Å². The molecule has 1 N–H and O–H groups in total. The fraction of sp³-hybridized carbons (Fsp3) is 0.294. The minimum atomic E-state index is 0.337. The Morgan fingerprint density at radius 1 is 1.24 bits per heavy atom. The van der Waals surface area contributed by atoms with Crippen molar-refractivity contribution in [2.75, 3.05) is 6.54 Å². The third kappa shape index (κ3) is 2.69. The van der Waals surface area contributed by atoms with E-state index in [1.807, 2.05) is 18.5 Å². The van der Waals surface area contributed by atoms with E-state index in [-0.39, 0.29) is 0 Å². The second kappa shape index (κ2) is 5.92. The van der Waals surface area contributed by atoms with Crippen molar-refractivity contribution in [2.45, 2.75) is 26.8 Å². The molecule has 0 spiro atoms. The number of nitrogens with one attached hydrogen (secondary N) is 1. The summed E-state index contributed by atoms with van der Waals surface area (Å²) in [5, 5.41) is 6.88. The van der Waals surface area contributed by atoms with Crippen LogP contribution in [0.15, 0.2) is 36.7 Å². The number of hydrogen-bond acceptors (Lipinski definition) is 4. The summed E-state index contributed by atoms with van der Waals surface area (Å²) in [5.41, 5.74) is 2.23. The van der Waals surface area contributed by atoms with E-state index >= 15 is 0 Å². The molecule has 0 bridgehead atoms. The van der Waals surface area contributed by atoms with Crippen LogP contribution < -0.4 is 5.32 Å². The van der Waals surface area contributed by atoms with Gasteiger partial charge >= 0.3 is 0 Å². The van der Waals surface area contributed by atoms with Gasteiger partial charge in [-0.25, -0.2) is 4.98 Å². The fourth-order valence-electron chi connectivity index (χ4n) is 2.61. The van der Waals surface area contributed by atoms with Crippen molar-refractivity contribution in [3.05, 3.63) is 47.2 Å². The monoisotopic (exact) mass is 297 g/mol. The summed E-state index contributed by atoms with van der Waals surface area (Å²) in [6.45, 7) is 7.36. The zero-order valence-electron chi connectivity index (χ0n) is 12.6. The maximum Gasteiger partial charge on any atom is 0.126 e. The molecule has 2 aromatic heterocycles. The van der Waals surface area contributed by atoms with Crippen molar-refractivity contribution in [3.63, 3.8) is 0 Å². The Bertz CT molecular complexity index is 758. The topological polar surface area (TPSA) is 37.8 Å². The predicted molar refractivity (Wildman–Crippen MR) is 89.7 cm³/mol. The van der Waals surface area contributed by atoms with Gasteiger partial charge in [-0.2, -0.15) is 0 Å². The molecular weight excluding hydrogens is 278 g/mol. The highest BCUT2D eigenvalue weighted by atomic mass is 32.1. The van der Waals surface area contributed by atoms with E-state index < -0.39 is 0 Å². The van der Waals surface area contributed by atoms with Crippen LogP contribution in [0.25, 0.3) is 21.3 Å². The molecule has 21 heavy (non-hydrogen) atoms. The van der Waals surface area contributed by atoms with E-state index in [2.05, 4.69) is 49.3 Å². The fourth-order valence-corrected chi connectivity index (χ4v) is 3.73. The van der Waals surface area contributed by atoms with Crippen LogP contribution in [0, 0.1) is 6.92 Å². The summed E-state index contributed by atoms with van der Waals surface area (Å²) in [7, 11) is 0. The van der Waals surface area contributed by atoms with E-state index in [9.17, 15) is 0 Å². The van der Waals surface area contributed by atoms with Gasteiger partial charge in [-0.05, 0) is 25.8 Å². The molecule has 3 rings (SSSR count). The van der Waals surface area contributed by atoms with Gasteiger partial charge in [-0.3, -0.25) is 4.98 Å². The molecule has 0 aliphatic carbocycles. The molecule has 3 nitrogen and oxygen atoms in total. The largest absolute Gasteiger partial charge is 0.310 e. The average Bonchev–Trinajstić information content (AvgIpc) is 2.89. The molecule has 0 aliphatic heterocycles. The lowest BCUT2D eigenvalue weighted by Crippen LogP contribution is -2.17. The number of aromatic nitrogens is 2. The Kier molecular flexibility index (Phi) is 3.99. The van der Waals surface area contributed by atoms with Gasteiger partial charge < -0.3 is 5.32 Å². The second-order valence-electron chi connectivity index (χ2n) is 5.16. The number of benzene rings is 1. The molecule has 3 aromatic rings. The van der Waals surface area contributed by atoms with Gasteiger partial charge in [0.2, 0.25) is 0 Å². The lowest BCUT2D eigenvalue weighted by Gasteiger charge is -2.10. The van der Waals surface area contributed by atoms with Crippen LogP contribution in [0.1, 0.15) is 30.5 Å². The normalized spacial score (nSPS) is 12.7. The van der Waals surface area contributed by atoms with Crippen LogP contribution in [0.2, 0.25) is 0 Å². The molecule has 4 heteroatoms. The third-order valence-electron chi connectivity index (χ3n) is 3.63. The van der Waals surface area contributed by atoms with Crippen molar-refractivity contribution in [3.8, 4) is 10.6 Å². The lowest BCUT2D eigenvalue weighted by molar-refractivity contribution is 0.603. The molecule has 1 atom stereocenters. The summed E-state index contributed by atoms with van der Waals surface area (Å²) in [6.07, 6.45) is 3.82. The zero-order valence-corrected chi connectivity index (χ0v) is 13.4. The van der Waals surface area contributed by atoms with E-state index in [0.29, 0.717) is 6.04 Å². The van der Waals surface area contributed by atoms with Gasteiger partial charge in [0.05, 0.1) is 5.69 Å². The maximum absolute atomic E-state index is 4.77. The van der Waals surface area contributed by atoms with E-state index in [4.69, 9.17) is 4.98 Å². The van der Waals surface area contributed by atoms with Crippen LogP contribution in [0.4, 0.5) is 0 Å². The standard InChI is InChI=1S/C17H19N3S/c1-4-19-11(2)16-12(3)20-17(21-16)15-10-18-9-13-7-5-6-8-14(13)15/h5-11,19H,4H2,1-3H3. The predicted octanol–water partition coefficient (Wildman–Crippen LogP) is 4.34. The highest BCUT2D eigenvalue weighted by Crippen LogP contribution is 2.34. The highest BCUT2D eigenvalue weighted by molar-refractivity contribution is 7.15. The van der Waals surface area contributed by atoms with Crippen LogP contribution >= 0.6 is 11.3 Å². The number of fused-ring (bicyclic) bond motifs is 1. The summed E-state index contributed by atoms with van der Waals surface area (Å²) < 4.78 is 0. The maximum atomic E-state index is 4.77. The van der Waals surface area contributed by atoms with Crippen LogP contribution in [0.3, 0.4) is 0 Å². The number of pyridine rings is 1. The molecule has 0 fully saturated rings. The number of hydrogen-bond donors (Lipinski definition) is 1. The number of thiazole rings is 1. The minimum absolute atomic E-state index is 0.337. The Balaban J connectivity index is 2.09. The molecule has 0 saturated carbocycles. The molecule has 2 heterocycles. The van der Waals surface area contributed by atoms with Crippen molar-refractivity contribution in [1.82, 2.24) is 15.3 Å². The smallest absolute Gasteiger partial charge is 0.126 e. The van der Waals surface area contributed by atoms with Gasteiger partial charge in [0.25, 0.3) is 0 Å². The number of nitrogens with zero attached hydrogens (tertiary/aromatic N) is 2.